The fourth-order valence-corrected chi connectivity index (χ4v) is 5.00. The number of nitro groups is 1. The van der Waals surface area contributed by atoms with Gasteiger partial charge in [0.2, 0.25) is 5.82 Å². The van der Waals surface area contributed by atoms with Crippen molar-refractivity contribution >= 4 is 11.6 Å². The third-order valence-corrected chi connectivity index (χ3v) is 7.57. The third-order valence-electron chi connectivity index (χ3n) is 7.57. The molecule has 0 aliphatic carbocycles. The van der Waals surface area contributed by atoms with Crippen molar-refractivity contribution in [3.8, 4) is 23.5 Å². The van der Waals surface area contributed by atoms with Crippen molar-refractivity contribution in [2.24, 2.45) is 7.05 Å². The van der Waals surface area contributed by atoms with E-state index in [2.05, 4.69) is 31.7 Å². The van der Waals surface area contributed by atoms with Gasteiger partial charge in [-0.2, -0.15) is 13.2 Å². The molecule has 2 aromatic heterocycles. The average molecular weight is 606 g/mol. The Kier molecular flexibility index (Phi) is 8.66. The van der Waals surface area contributed by atoms with Gasteiger partial charge >= 0.3 is 12.0 Å². The number of nitrogens with one attached hydrogen (secondary N) is 1. The van der Waals surface area contributed by atoms with Crippen LogP contribution in [0.4, 0.5) is 19.0 Å². The van der Waals surface area contributed by atoms with Gasteiger partial charge in [-0.3, -0.25) is 9.69 Å². The van der Waals surface area contributed by atoms with Gasteiger partial charge in [0.15, 0.2) is 5.78 Å². The number of aromatic amines is 1. The molecular weight excluding hydrogens is 575 g/mol. The number of likely N-dealkylation sites (N-methyl/N-ethyl adjacent to an activating group) is 1. The number of rotatable bonds is 7. The van der Waals surface area contributed by atoms with Gasteiger partial charge in [0.25, 0.3) is 5.82 Å². The van der Waals surface area contributed by atoms with Gasteiger partial charge in [0, 0.05) is 63.5 Å². The van der Waals surface area contributed by atoms with Crippen molar-refractivity contribution in [3.63, 3.8) is 0 Å². The minimum Gasteiger partial charge on any atom is -0.358 e. The number of Topliss-reactive ketones (excluding diaryl/α,β-unsaturated/α-hetero) is 1. The summed E-state index contributed by atoms with van der Waals surface area (Å²) in [5.74, 6) is 5.94. The van der Waals surface area contributed by atoms with Crippen molar-refractivity contribution in [2.75, 3.05) is 33.2 Å². The van der Waals surface area contributed by atoms with E-state index in [9.17, 15) is 28.1 Å². The summed E-state index contributed by atoms with van der Waals surface area (Å²) >= 11 is 0. The molecule has 1 aliphatic rings. The number of aromatic nitrogens is 4. The van der Waals surface area contributed by atoms with Gasteiger partial charge in [-0.15, -0.1) is 0 Å². The number of alkyl halides is 3. The number of halogens is 3. The molecule has 0 amide bonds. The van der Waals surface area contributed by atoms with E-state index < -0.39 is 16.7 Å². The molecule has 1 saturated heterocycles. The minimum absolute atomic E-state index is 0.188. The van der Waals surface area contributed by atoms with Gasteiger partial charge < -0.3 is 19.6 Å². The van der Waals surface area contributed by atoms with E-state index in [4.69, 9.17) is 0 Å². The van der Waals surface area contributed by atoms with Gasteiger partial charge in [-0.1, -0.05) is 30.2 Å². The number of H-pyrrole nitrogens is 1. The first-order valence-corrected chi connectivity index (χ1v) is 13.9. The molecule has 5 rings (SSSR count). The van der Waals surface area contributed by atoms with E-state index in [0.717, 1.165) is 30.9 Å². The van der Waals surface area contributed by atoms with E-state index >= 15 is 0 Å². The molecule has 10 nitrogen and oxygen atoms in total. The smallest absolute Gasteiger partial charge is 0.358 e. The molecule has 44 heavy (non-hydrogen) atoms. The van der Waals surface area contributed by atoms with Gasteiger partial charge in [-0.25, -0.2) is 15.0 Å². The largest absolute Gasteiger partial charge is 0.416 e. The Morgan fingerprint density at radius 1 is 1.09 bits per heavy atom. The maximum atomic E-state index is 14.0. The second kappa shape index (κ2) is 12.4. The standard InChI is InChI=1S/C31H30F3N7O3/c1-20-4-6-23(16-22(20)8-9-25-19-39(3)30(36-25)29-35-17-28(37-29)41(43)44)27(42)15-21-5-7-24(26(14-21)31(32,33)34)18-40-12-10-38(2)11-13-40/h4-7,14,16-17,19H,10-13,15,18H2,1-3H3,(H,35,37). The van der Waals surface area contributed by atoms with E-state index in [0.29, 0.717) is 35.7 Å². The minimum atomic E-state index is -4.54. The highest BCUT2D eigenvalue weighted by atomic mass is 19.4. The van der Waals surface area contributed by atoms with Crippen LogP contribution in [0.15, 0.2) is 48.8 Å². The van der Waals surface area contributed by atoms with Gasteiger partial charge in [0.05, 0.1) is 5.56 Å². The Labute approximate surface area is 251 Å². The Morgan fingerprint density at radius 3 is 2.52 bits per heavy atom. The van der Waals surface area contributed by atoms with Crippen LogP contribution in [-0.4, -0.2) is 73.3 Å². The molecule has 13 heteroatoms. The van der Waals surface area contributed by atoms with Crippen LogP contribution >= 0.6 is 0 Å². The number of carbonyl (C=O) groups is 1. The highest BCUT2D eigenvalue weighted by Crippen LogP contribution is 2.34. The number of ketones is 1. The molecule has 2 aromatic carbocycles. The Bertz CT molecular complexity index is 1770. The Hall–Kier alpha value is -4.80. The van der Waals surface area contributed by atoms with Crippen LogP contribution in [0.1, 0.15) is 43.9 Å². The average Bonchev–Trinajstić information content (AvgIpc) is 3.61. The number of imidazole rings is 2. The van der Waals surface area contributed by atoms with Crippen LogP contribution in [-0.2, 0) is 26.2 Å². The highest BCUT2D eigenvalue weighted by molar-refractivity contribution is 5.98. The lowest BCUT2D eigenvalue weighted by atomic mass is 9.96. The van der Waals surface area contributed by atoms with E-state index in [1.165, 1.54) is 6.07 Å². The lowest BCUT2D eigenvalue weighted by Crippen LogP contribution is -2.44. The van der Waals surface area contributed by atoms with E-state index in [1.807, 2.05) is 18.9 Å². The molecule has 1 fully saturated rings. The number of nitrogens with zero attached hydrogens (tertiary/aromatic N) is 6. The zero-order valence-corrected chi connectivity index (χ0v) is 24.4. The number of carbonyl (C=O) groups excluding carboxylic acids is 1. The van der Waals surface area contributed by atoms with Crippen LogP contribution in [0.3, 0.4) is 0 Å². The second-order valence-corrected chi connectivity index (χ2v) is 10.9. The predicted molar refractivity (Wildman–Crippen MR) is 157 cm³/mol. The van der Waals surface area contributed by atoms with E-state index in [1.54, 1.807) is 42.1 Å². The molecule has 228 valence electrons. The fourth-order valence-electron chi connectivity index (χ4n) is 5.00. The van der Waals surface area contributed by atoms with Crippen LogP contribution in [0, 0.1) is 28.9 Å². The van der Waals surface area contributed by atoms with Gasteiger partial charge in [0.1, 0.15) is 11.9 Å². The first-order chi connectivity index (χ1) is 20.9. The summed E-state index contributed by atoms with van der Waals surface area (Å²) in [4.78, 5) is 38.7. The molecule has 0 bridgehead atoms. The molecule has 3 heterocycles. The van der Waals surface area contributed by atoms with Crippen LogP contribution < -0.4 is 0 Å². The van der Waals surface area contributed by atoms with Crippen molar-refractivity contribution < 1.29 is 22.9 Å². The summed E-state index contributed by atoms with van der Waals surface area (Å²) in [5, 5.41) is 11.0. The summed E-state index contributed by atoms with van der Waals surface area (Å²) in [5.41, 5.74) is 1.87. The van der Waals surface area contributed by atoms with E-state index in [-0.39, 0.29) is 41.5 Å². The van der Waals surface area contributed by atoms with Crippen molar-refractivity contribution in [2.45, 2.75) is 26.1 Å². The monoisotopic (exact) mass is 605 g/mol. The Morgan fingerprint density at radius 2 is 1.84 bits per heavy atom. The number of hydrogen-bond donors (Lipinski definition) is 1. The molecule has 0 saturated carbocycles. The SMILES string of the molecule is Cc1ccc(C(=O)Cc2ccc(CN3CCN(C)CC3)c(C(F)(F)F)c2)cc1C#Cc1cn(C)c(-c2ncc([N+](=O)[O-])[nH]2)n1. The normalized spacial score (nSPS) is 14.3. The van der Waals surface area contributed by atoms with Crippen LogP contribution in [0.5, 0.6) is 0 Å². The Balaban J connectivity index is 1.33. The predicted octanol–water partition coefficient (Wildman–Crippen LogP) is 4.62. The fraction of sp³-hybridized carbons (Fsp3) is 0.323. The number of piperazine rings is 1. The zero-order chi connectivity index (χ0) is 31.6. The maximum absolute atomic E-state index is 14.0. The molecule has 0 unspecified atom stereocenters. The molecular formula is C31H30F3N7O3. The molecule has 0 atom stereocenters. The van der Waals surface area contributed by atoms with Crippen molar-refractivity contribution in [1.82, 2.24) is 29.3 Å². The summed E-state index contributed by atoms with van der Waals surface area (Å²) in [6.45, 7) is 5.04. The highest BCUT2D eigenvalue weighted by Gasteiger charge is 2.34. The quantitative estimate of drug-likeness (QED) is 0.142. The first kappa shape index (κ1) is 30.7. The summed E-state index contributed by atoms with van der Waals surface area (Å²) in [6, 6.07) is 9.17. The van der Waals surface area contributed by atoms with Crippen LogP contribution in [0.2, 0.25) is 0 Å². The molecule has 0 radical (unpaired) electrons. The summed E-state index contributed by atoms with van der Waals surface area (Å²) < 4.78 is 43.7. The summed E-state index contributed by atoms with van der Waals surface area (Å²) in [7, 11) is 3.70. The molecule has 1 N–H and O–H groups in total. The van der Waals surface area contributed by atoms with Crippen molar-refractivity contribution in [3.05, 3.63) is 98.0 Å². The lowest BCUT2D eigenvalue weighted by molar-refractivity contribution is -0.389. The van der Waals surface area contributed by atoms with Crippen molar-refractivity contribution in [1.29, 1.82) is 0 Å². The number of benzene rings is 2. The third kappa shape index (κ3) is 7.04. The lowest BCUT2D eigenvalue weighted by Gasteiger charge is -2.33. The first-order valence-electron chi connectivity index (χ1n) is 13.9. The number of aryl methyl sites for hydroxylation is 2. The maximum Gasteiger partial charge on any atom is 0.416 e. The molecule has 4 aromatic rings. The summed E-state index contributed by atoms with van der Waals surface area (Å²) in [6.07, 6.45) is -1.97. The molecule has 1 aliphatic heterocycles. The zero-order valence-electron chi connectivity index (χ0n) is 24.4. The van der Waals surface area contributed by atoms with Gasteiger partial charge in [-0.05, 0) is 53.6 Å². The number of hydrogen-bond acceptors (Lipinski definition) is 7. The molecule has 0 spiro atoms. The van der Waals surface area contributed by atoms with Crippen LogP contribution in [0.25, 0.3) is 11.6 Å². The topological polar surface area (TPSA) is 113 Å². The second-order valence-electron chi connectivity index (χ2n) is 10.9.